The molecule has 1 aliphatic rings. The molecule has 7 heteroatoms. The van der Waals surface area contributed by atoms with Crippen molar-refractivity contribution >= 4 is 11.9 Å². The summed E-state index contributed by atoms with van der Waals surface area (Å²) < 4.78 is 0. The molecule has 3 amide bonds. The van der Waals surface area contributed by atoms with Crippen molar-refractivity contribution in [1.29, 1.82) is 0 Å². The molecule has 1 aromatic rings. The van der Waals surface area contributed by atoms with Gasteiger partial charge in [0.15, 0.2) is 0 Å². The van der Waals surface area contributed by atoms with Crippen molar-refractivity contribution in [2.45, 2.75) is 12.6 Å². The van der Waals surface area contributed by atoms with Crippen LogP contribution in [0.25, 0.3) is 0 Å². The summed E-state index contributed by atoms with van der Waals surface area (Å²) in [7, 11) is 3.41. The molecule has 0 aliphatic carbocycles. The molecule has 0 radical (unpaired) electrons. The van der Waals surface area contributed by atoms with Crippen LogP contribution in [0.2, 0.25) is 0 Å². The summed E-state index contributed by atoms with van der Waals surface area (Å²) in [6.07, 6.45) is -0.578. The Morgan fingerprint density at radius 2 is 1.87 bits per heavy atom. The third-order valence-corrected chi connectivity index (χ3v) is 3.88. The number of urea groups is 1. The van der Waals surface area contributed by atoms with Crippen LogP contribution in [-0.2, 0) is 6.54 Å². The van der Waals surface area contributed by atoms with Gasteiger partial charge in [0.05, 0.1) is 6.10 Å². The van der Waals surface area contributed by atoms with Gasteiger partial charge in [-0.3, -0.25) is 9.69 Å². The van der Waals surface area contributed by atoms with Crippen molar-refractivity contribution < 1.29 is 14.7 Å². The lowest BCUT2D eigenvalue weighted by Gasteiger charge is -2.25. The monoisotopic (exact) mass is 320 g/mol. The van der Waals surface area contributed by atoms with Gasteiger partial charge in [0, 0.05) is 52.4 Å². The highest BCUT2D eigenvalue weighted by Crippen LogP contribution is 2.11. The van der Waals surface area contributed by atoms with Crippen molar-refractivity contribution in [3.8, 4) is 0 Å². The van der Waals surface area contributed by atoms with Crippen molar-refractivity contribution in [2.75, 3.05) is 40.3 Å². The van der Waals surface area contributed by atoms with Crippen LogP contribution in [0, 0.1) is 0 Å². The van der Waals surface area contributed by atoms with Crippen molar-refractivity contribution in [2.24, 2.45) is 5.73 Å². The second-order valence-electron chi connectivity index (χ2n) is 6.07. The Bertz CT molecular complexity index is 559. The van der Waals surface area contributed by atoms with E-state index in [-0.39, 0.29) is 6.03 Å². The molecule has 1 fully saturated rings. The van der Waals surface area contributed by atoms with Crippen LogP contribution in [0.1, 0.15) is 15.9 Å². The third kappa shape index (κ3) is 4.67. The second-order valence-corrected chi connectivity index (χ2v) is 6.07. The van der Waals surface area contributed by atoms with Crippen LogP contribution < -0.4 is 5.73 Å². The van der Waals surface area contributed by atoms with Crippen LogP contribution in [0.3, 0.4) is 0 Å². The van der Waals surface area contributed by atoms with E-state index in [2.05, 4.69) is 4.90 Å². The highest BCUT2D eigenvalue weighted by Gasteiger charge is 2.25. The van der Waals surface area contributed by atoms with Crippen molar-refractivity contribution in [3.05, 3.63) is 35.4 Å². The Hall–Kier alpha value is -2.12. The summed E-state index contributed by atoms with van der Waals surface area (Å²) in [6, 6.07) is 7.04. The number of hydrogen-bond acceptors (Lipinski definition) is 4. The van der Waals surface area contributed by atoms with Crippen LogP contribution in [-0.4, -0.2) is 78.1 Å². The molecule has 1 atom stereocenters. The Labute approximate surface area is 136 Å². The van der Waals surface area contributed by atoms with E-state index in [1.807, 2.05) is 12.1 Å². The number of aliphatic hydroxyl groups excluding tert-OH is 1. The van der Waals surface area contributed by atoms with Gasteiger partial charge < -0.3 is 20.6 Å². The lowest BCUT2D eigenvalue weighted by molar-refractivity contribution is 0.1000. The minimum Gasteiger partial charge on any atom is -0.390 e. The number of benzene rings is 1. The first-order valence-electron chi connectivity index (χ1n) is 7.62. The molecule has 1 heterocycles. The normalized spacial score (nSPS) is 19.3. The lowest BCUT2D eigenvalue weighted by atomic mass is 10.1. The zero-order chi connectivity index (χ0) is 17.0. The first-order chi connectivity index (χ1) is 10.9. The van der Waals surface area contributed by atoms with E-state index < -0.39 is 12.0 Å². The summed E-state index contributed by atoms with van der Waals surface area (Å²) in [5.74, 6) is -0.445. The zero-order valence-electron chi connectivity index (χ0n) is 13.6. The predicted octanol–water partition coefficient (Wildman–Crippen LogP) is -0.0544. The first-order valence-corrected chi connectivity index (χ1v) is 7.62. The summed E-state index contributed by atoms with van der Waals surface area (Å²) in [4.78, 5) is 28.4. The minimum atomic E-state index is -0.578. The quantitative estimate of drug-likeness (QED) is 0.817. The maximum atomic E-state index is 12.0. The van der Waals surface area contributed by atoms with E-state index in [4.69, 9.17) is 5.73 Å². The smallest absolute Gasteiger partial charge is 0.319 e. The molecular formula is C16H24N4O3. The maximum Gasteiger partial charge on any atom is 0.319 e. The van der Waals surface area contributed by atoms with Gasteiger partial charge in [0.2, 0.25) is 5.91 Å². The summed E-state index contributed by atoms with van der Waals surface area (Å²) >= 11 is 0. The van der Waals surface area contributed by atoms with Crippen molar-refractivity contribution in [1.82, 2.24) is 14.7 Å². The topological polar surface area (TPSA) is 90.1 Å². The Balaban J connectivity index is 1.98. The molecule has 0 saturated carbocycles. The SMILES string of the molecule is CN(C)C(=O)N1CCN(Cc2ccc(C(N)=O)cc2)CC(O)C1. The first kappa shape index (κ1) is 17.2. The van der Waals surface area contributed by atoms with Gasteiger partial charge in [-0.05, 0) is 17.7 Å². The predicted molar refractivity (Wildman–Crippen MR) is 86.9 cm³/mol. The molecule has 1 aromatic carbocycles. The van der Waals surface area contributed by atoms with E-state index in [9.17, 15) is 14.7 Å². The summed E-state index contributed by atoms with van der Waals surface area (Å²) in [5.41, 5.74) is 6.75. The van der Waals surface area contributed by atoms with Gasteiger partial charge in [-0.1, -0.05) is 12.1 Å². The Morgan fingerprint density at radius 3 is 2.43 bits per heavy atom. The minimum absolute atomic E-state index is 0.0864. The lowest BCUT2D eigenvalue weighted by Crippen LogP contribution is -2.43. The number of β-amino-alcohol motifs (C(OH)–C–C–N with tert-alkyl or cyclic N) is 1. The number of primary amides is 1. The number of nitrogens with zero attached hydrogens (tertiary/aromatic N) is 3. The molecule has 23 heavy (non-hydrogen) atoms. The van der Waals surface area contributed by atoms with Crippen LogP contribution in [0.4, 0.5) is 4.79 Å². The van der Waals surface area contributed by atoms with Gasteiger partial charge >= 0.3 is 6.03 Å². The van der Waals surface area contributed by atoms with Gasteiger partial charge in [-0.2, -0.15) is 0 Å². The molecule has 0 aromatic heterocycles. The van der Waals surface area contributed by atoms with Crippen LogP contribution in [0.5, 0.6) is 0 Å². The van der Waals surface area contributed by atoms with Gasteiger partial charge in [0.25, 0.3) is 0 Å². The van der Waals surface area contributed by atoms with E-state index in [0.717, 1.165) is 5.56 Å². The Morgan fingerprint density at radius 1 is 1.22 bits per heavy atom. The fourth-order valence-electron chi connectivity index (χ4n) is 2.69. The molecule has 1 aliphatic heterocycles. The highest BCUT2D eigenvalue weighted by atomic mass is 16.3. The van der Waals surface area contributed by atoms with E-state index in [1.54, 1.807) is 31.1 Å². The molecule has 0 spiro atoms. The van der Waals surface area contributed by atoms with E-state index in [0.29, 0.717) is 38.3 Å². The standard InChI is InChI=1S/C16H24N4O3/c1-18(2)16(23)20-8-7-19(10-14(21)11-20)9-12-3-5-13(6-4-12)15(17)22/h3-6,14,21H,7-11H2,1-2H3,(H2,17,22). The van der Waals surface area contributed by atoms with Crippen LogP contribution in [0.15, 0.2) is 24.3 Å². The van der Waals surface area contributed by atoms with E-state index >= 15 is 0 Å². The maximum absolute atomic E-state index is 12.0. The number of amides is 3. The fraction of sp³-hybridized carbons (Fsp3) is 0.500. The summed E-state index contributed by atoms with van der Waals surface area (Å²) in [6.45, 7) is 2.77. The van der Waals surface area contributed by atoms with Crippen LogP contribution >= 0.6 is 0 Å². The number of rotatable bonds is 3. The molecule has 2 rings (SSSR count). The molecule has 0 bridgehead atoms. The highest BCUT2D eigenvalue weighted by molar-refractivity contribution is 5.92. The van der Waals surface area contributed by atoms with Gasteiger partial charge in [-0.15, -0.1) is 0 Å². The number of carbonyl (C=O) groups excluding carboxylic acids is 2. The molecule has 3 N–H and O–H groups in total. The van der Waals surface area contributed by atoms with E-state index in [1.165, 1.54) is 4.90 Å². The van der Waals surface area contributed by atoms with Crippen molar-refractivity contribution in [3.63, 3.8) is 0 Å². The largest absolute Gasteiger partial charge is 0.390 e. The number of hydrogen-bond donors (Lipinski definition) is 2. The fourth-order valence-corrected chi connectivity index (χ4v) is 2.69. The Kier molecular flexibility index (Phi) is 5.57. The average molecular weight is 320 g/mol. The number of aliphatic hydroxyl groups is 1. The number of carbonyl (C=O) groups is 2. The molecule has 7 nitrogen and oxygen atoms in total. The van der Waals surface area contributed by atoms with Gasteiger partial charge in [0.1, 0.15) is 0 Å². The number of nitrogens with two attached hydrogens (primary N) is 1. The average Bonchev–Trinajstić information content (AvgIpc) is 2.68. The molecule has 1 unspecified atom stereocenters. The molecule has 1 saturated heterocycles. The third-order valence-electron chi connectivity index (χ3n) is 3.88. The van der Waals surface area contributed by atoms with Gasteiger partial charge in [-0.25, -0.2) is 4.79 Å². The molecule has 126 valence electrons. The second kappa shape index (κ2) is 7.43. The zero-order valence-corrected chi connectivity index (χ0v) is 13.6. The summed E-state index contributed by atoms with van der Waals surface area (Å²) in [5, 5.41) is 10.1. The molecular weight excluding hydrogens is 296 g/mol.